The Balaban J connectivity index is 1.28. The van der Waals surface area contributed by atoms with E-state index < -0.39 is 0 Å². The van der Waals surface area contributed by atoms with E-state index in [0.717, 1.165) is 6.42 Å². The van der Waals surface area contributed by atoms with Crippen molar-refractivity contribution in [3.63, 3.8) is 0 Å². The number of nitrogens with zero attached hydrogens (tertiary/aromatic N) is 2. The van der Waals surface area contributed by atoms with Gasteiger partial charge in [0.05, 0.1) is 11.0 Å². The number of benzene rings is 6. The van der Waals surface area contributed by atoms with E-state index in [0.29, 0.717) is 0 Å². The Morgan fingerprint density at radius 2 is 1.30 bits per heavy atom. The van der Waals surface area contributed by atoms with E-state index in [2.05, 4.69) is 181 Å². The number of anilines is 1. The van der Waals surface area contributed by atoms with Gasteiger partial charge in [0.25, 0.3) is 0 Å². The molecule has 0 N–H and O–H groups in total. The summed E-state index contributed by atoms with van der Waals surface area (Å²) in [6.45, 7) is 2.36. The summed E-state index contributed by atoms with van der Waals surface area (Å²) in [4.78, 5) is 2.27. The Labute approximate surface area is 258 Å². The quantitative estimate of drug-likeness (QED) is 0.201. The van der Waals surface area contributed by atoms with Crippen molar-refractivity contribution in [1.82, 2.24) is 4.57 Å². The van der Waals surface area contributed by atoms with Gasteiger partial charge in [0, 0.05) is 40.3 Å². The zero-order chi connectivity index (χ0) is 29.7. The van der Waals surface area contributed by atoms with Gasteiger partial charge >= 0.3 is 0 Å². The van der Waals surface area contributed by atoms with Crippen LogP contribution < -0.4 is 4.90 Å². The summed E-state index contributed by atoms with van der Waals surface area (Å²) in [6.07, 6.45) is 7.99. The Morgan fingerprint density at radius 3 is 2.05 bits per heavy atom. The third-order valence-corrected chi connectivity index (χ3v) is 9.39. The number of fused-ring (bicyclic) bond motifs is 4. The normalized spacial score (nSPS) is 16.5. The van der Waals surface area contributed by atoms with Gasteiger partial charge in [-0.2, -0.15) is 0 Å². The molecule has 1 aromatic heterocycles. The van der Waals surface area contributed by atoms with Crippen LogP contribution in [-0.2, 0) is 5.41 Å². The third-order valence-electron chi connectivity index (χ3n) is 9.39. The van der Waals surface area contributed by atoms with Crippen LogP contribution in [0.5, 0.6) is 0 Å². The fourth-order valence-electron chi connectivity index (χ4n) is 6.78. The lowest BCUT2D eigenvalue weighted by molar-refractivity contribution is 0.595. The molecular weight excluding hydrogens is 532 g/mol. The summed E-state index contributed by atoms with van der Waals surface area (Å²) in [5, 5.41) is 5.09. The van der Waals surface area contributed by atoms with Crippen LogP contribution in [0.15, 0.2) is 163 Å². The number of allylic oxidation sites excluding steroid dienone is 3. The van der Waals surface area contributed by atoms with Crippen molar-refractivity contribution in [3.8, 4) is 16.8 Å². The molecule has 1 atom stereocenters. The monoisotopic (exact) mass is 566 g/mol. The highest BCUT2D eigenvalue weighted by Gasteiger charge is 2.27. The smallest absolute Gasteiger partial charge is 0.0547 e. The van der Waals surface area contributed by atoms with Crippen molar-refractivity contribution in [3.05, 3.63) is 169 Å². The van der Waals surface area contributed by atoms with Crippen LogP contribution in [0.25, 0.3) is 49.4 Å². The van der Waals surface area contributed by atoms with Crippen LogP contribution in [0.2, 0.25) is 0 Å². The minimum atomic E-state index is -0.104. The molecule has 44 heavy (non-hydrogen) atoms. The molecule has 2 heteroatoms. The number of rotatable bonds is 5. The van der Waals surface area contributed by atoms with Crippen LogP contribution >= 0.6 is 0 Å². The Bertz CT molecular complexity index is 2220. The van der Waals surface area contributed by atoms with Gasteiger partial charge in [-0.25, -0.2) is 0 Å². The van der Waals surface area contributed by atoms with E-state index in [1.165, 1.54) is 66.3 Å². The molecule has 0 amide bonds. The van der Waals surface area contributed by atoms with Gasteiger partial charge in [0.2, 0.25) is 0 Å². The topological polar surface area (TPSA) is 8.17 Å². The molecule has 8 rings (SSSR count). The second kappa shape index (κ2) is 10.4. The van der Waals surface area contributed by atoms with E-state index in [9.17, 15) is 0 Å². The van der Waals surface area contributed by atoms with E-state index in [1.54, 1.807) is 0 Å². The molecule has 2 nitrogen and oxygen atoms in total. The second-order valence-electron chi connectivity index (χ2n) is 12.2. The SMILES string of the molecule is CN(C1=CCC(C)(c2ccc3c4cc5ccccc5cc4n(-c4cccc(-c5ccccc5)c4)c3c2)C=C1)c1ccccc1. The molecule has 1 unspecified atom stereocenters. The molecule has 0 aliphatic heterocycles. The molecule has 0 bridgehead atoms. The van der Waals surface area contributed by atoms with Crippen LogP contribution in [0.1, 0.15) is 18.9 Å². The fourth-order valence-corrected chi connectivity index (χ4v) is 6.78. The van der Waals surface area contributed by atoms with Gasteiger partial charge in [0.15, 0.2) is 0 Å². The first-order valence-corrected chi connectivity index (χ1v) is 15.4. The maximum absolute atomic E-state index is 2.47. The highest BCUT2D eigenvalue weighted by atomic mass is 15.1. The zero-order valence-corrected chi connectivity index (χ0v) is 25.1. The molecule has 0 spiro atoms. The molecule has 0 fully saturated rings. The predicted octanol–water partition coefficient (Wildman–Crippen LogP) is 10.8. The first-order valence-electron chi connectivity index (χ1n) is 15.4. The molecule has 1 aliphatic rings. The summed E-state index contributed by atoms with van der Waals surface area (Å²) in [5.74, 6) is 0. The van der Waals surface area contributed by atoms with Crippen molar-refractivity contribution in [2.75, 3.05) is 11.9 Å². The maximum Gasteiger partial charge on any atom is 0.0547 e. The molecule has 7 aromatic rings. The van der Waals surface area contributed by atoms with Crippen molar-refractivity contribution >= 4 is 38.3 Å². The summed E-state index contributed by atoms with van der Waals surface area (Å²) in [5.41, 5.74) is 9.74. The zero-order valence-electron chi connectivity index (χ0n) is 25.1. The lowest BCUT2D eigenvalue weighted by atomic mass is 9.76. The molecule has 0 radical (unpaired) electrons. The predicted molar refractivity (Wildman–Crippen MR) is 188 cm³/mol. The Morgan fingerprint density at radius 1 is 0.614 bits per heavy atom. The second-order valence-corrected chi connectivity index (χ2v) is 12.2. The Hall–Kier alpha value is -5.34. The number of hydrogen-bond acceptors (Lipinski definition) is 1. The van der Waals surface area contributed by atoms with Crippen LogP contribution in [0.3, 0.4) is 0 Å². The minimum Gasteiger partial charge on any atom is -0.345 e. The molecule has 1 aliphatic carbocycles. The third kappa shape index (κ3) is 4.42. The number of likely N-dealkylation sites (N-methyl/N-ethyl adjacent to an activating group) is 1. The highest BCUT2D eigenvalue weighted by molar-refractivity contribution is 6.13. The van der Waals surface area contributed by atoms with Gasteiger partial charge in [-0.3, -0.25) is 0 Å². The fraction of sp³-hybridized carbons (Fsp3) is 0.0952. The molecular formula is C42H34N2. The van der Waals surface area contributed by atoms with E-state index in [1.807, 2.05) is 0 Å². The minimum absolute atomic E-state index is 0.104. The summed E-state index contributed by atoms with van der Waals surface area (Å²) in [6, 6.07) is 50.7. The van der Waals surface area contributed by atoms with Gasteiger partial charge in [0.1, 0.15) is 0 Å². The van der Waals surface area contributed by atoms with E-state index >= 15 is 0 Å². The standard InChI is InChI=1S/C42H34N2/c1-42(24-22-36(23-25-42)43(2)35-17-7-4-8-18-35)34-20-21-38-39-27-32-14-9-10-15-33(32)28-40(39)44(41(38)29-34)37-19-11-16-31(26-37)30-12-5-3-6-13-30/h3-24,26-29H,25H2,1-2H3. The molecule has 6 aromatic carbocycles. The average molecular weight is 567 g/mol. The van der Waals surface area contributed by atoms with Gasteiger partial charge in [-0.15, -0.1) is 0 Å². The molecule has 0 saturated carbocycles. The lowest BCUT2D eigenvalue weighted by Crippen LogP contribution is -2.24. The van der Waals surface area contributed by atoms with E-state index in [-0.39, 0.29) is 5.41 Å². The summed E-state index contributed by atoms with van der Waals surface area (Å²) in [7, 11) is 2.15. The van der Waals surface area contributed by atoms with Crippen LogP contribution in [0.4, 0.5) is 5.69 Å². The number of hydrogen-bond donors (Lipinski definition) is 0. The first kappa shape index (κ1) is 26.3. The average Bonchev–Trinajstić information content (AvgIpc) is 3.40. The Kier molecular flexibility index (Phi) is 6.23. The van der Waals surface area contributed by atoms with E-state index in [4.69, 9.17) is 0 Å². The van der Waals surface area contributed by atoms with Gasteiger partial charge < -0.3 is 9.47 Å². The van der Waals surface area contributed by atoms with Crippen LogP contribution in [0, 0.1) is 0 Å². The number of aromatic nitrogens is 1. The summed E-state index contributed by atoms with van der Waals surface area (Å²) < 4.78 is 2.47. The van der Waals surface area contributed by atoms with Gasteiger partial charge in [-0.1, -0.05) is 116 Å². The lowest BCUT2D eigenvalue weighted by Gasteiger charge is -2.31. The van der Waals surface area contributed by atoms with Crippen molar-refractivity contribution in [2.24, 2.45) is 0 Å². The highest BCUT2D eigenvalue weighted by Crippen LogP contribution is 2.40. The van der Waals surface area contributed by atoms with Crippen molar-refractivity contribution in [2.45, 2.75) is 18.8 Å². The first-order chi connectivity index (χ1) is 21.6. The van der Waals surface area contributed by atoms with Crippen LogP contribution in [-0.4, -0.2) is 11.6 Å². The number of para-hydroxylation sites is 1. The van der Waals surface area contributed by atoms with Crippen molar-refractivity contribution in [1.29, 1.82) is 0 Å². The maximum atomic E-state index is 2.47. The molecule has 0 saturated heterocycles. The largest absolute Gasteiger partial charge is 0.345 e. The molecule has 1 heterocycles. The van der Waals surface area contributed by atoms with Gasteiger partial charge in [-0.05, 0) is 82.4 Å². The summed E-state index contributed by atoms with van der Waals surface area (Å²) >= 11 is 0. The van der Waals surface area contributed by atoms with Crippen molar-refractivity contribution < 1.29 is 0 Å². The molecule has 212 valence electrons.